The molecule has 1 amide bonds. The fourth-order valence-corrected chi connectivity index (χ4v) is 2.89. The van der Waals surface area contributed by atoms with E-state index < -0.39 is 0 Å². The summed E-state index contributed by atoms with van der Waals surface area (Å²) in [5, 5.41) is 3.69. The minimum absolute atomic E-state index is 0.0263. The summed E-state index contributed by atoms with van der Waals surface area (Å²) < 4.78 is 0. The number of pyridine rings is 1. The molecule has 1 unspecified atom stereocenters. The molecule has 2 aromatic rings. The van der Waals surface area contributed by atoms with Gasteiger partial charge in [0.25, 0.3) is 0 Å². The first-order valence-corrected chi connectivity index (χ1v) is 8.20. The molecule has 0 radical (unpaired) electrons. The summed E-state index contributed by atoms with van der Waals surface area (Å²) in [6.45, 7) is 1.95. The maximum Gasteiger partial charge on any atom is 0.230 e. The maximum atomic E-state index is 11.9. The van der Waals surface area contributed by atoms with E-state index in [1.54, 1.807) is 24.2 Å². The molecule has 3 nitrogen and oxygen atoms in total. The van der Waals surface area contributed by atoms with Gasteiger partial charge in [0.2, 0.25) is 5.91 Å². The van der Waals surface area contributed by atoms with Crippen LogP contribution in [0.15, 0.2) is 48.8 Å². The second kappa shape index (κ2) is 8.05. The molecule has 0 spiro atoms. The van der Waals surface area contributed by atoms with E-state index in [9.17, 15) is 4.79 Å². The Labute approximate surface area is 134 Å². The van der Waals surface area contributed by atoms with Crippen molar-refractivity contribution in [1.29, 1.82) is 0 Å². The molecule has 21 heavy (non-hydrogen) atoms. The highest BCUT2D eigenvalue weighted by atomic mass is 35.5. The topological polar surface area (TPSA) is 42.0 Å². The predicted octanol–water partition coefficient (Wildman–Crippen LogP) is 3.85. The van der Waals surface area contributed by atoms with Crippen LogP contribution in [0.3, 0.4) is 0 Å². The molecule has 0 saturated heterocycles. The van der Waals surface area contributed by atoms with E-state index in [1.807, 2.05) is 43.3 Å². The third kappa shape index (κ3) is 5.40. The van der Waals surface area contributed by atoms with Gasteiger partial charge in [-0.1, -0.05) is 29.8 Å². The molecule has 0 bridgehead atoms. The molecule has 0 fully saturated rings. The van der Waals surface area contributed by atoms with Crippen LogP contribution in [0.1, 0.15) is 24.1 Å². The van der Waals surface area contributed by atoms with E-state index in [1.165, 1.54) is 0 Å². The Kier molecular flexibility index (Phi) is 6.08. The first-order valence-electron chi connectivity index (χ1n) is 6.66. The Morgan fingerprint density at radius 3 is 2.95 bits per heavy atom. The van der Waals surface area contributed by atoms with Crippen LogP contribution in [-0.2, 0) is 10.5 Å². The van der Waals surface area contributed by atoms with Crippen molar-refractivity contribution in [3.8, 4) is 0 Å². The lowest BCUT2D eigenvalue weighted by molar-refractivity contribution is -0.119. The monoisotopic (exact) mass is 320 g/mol. The number of nitrogens with one attached hydrogen (secondary N) is 1. The van der Waals surface area contributed by atoms with Crippen molar-refractivity contribution >= 4 is 29.3 Å². The van der Waals surface area contributed by atoms with Gasteiger partial charge in [-0.3, -0.25) is 9.78 Å². The fraction of sp³-hybridized carbons (Fsp3) is 0.250. The second-order valence-corrected chi connectivity index (χ2v) is 6.12. The van der Waals surface area contributed by atoms with E-state index in [-0.39, 0.29) is 11.9 Å². The van der Waals surface area contributed by atoms with Crippen LogP contribution in [0.25, 0.3) is 0 Å². The summed E-state index contributed by atoms with van der Waals surface area (Å²) in [7, 11) is 0. The summed E-state index contributed by atoms with van der Waals surface area (Å²) >= 11 is 7.50. The van der Waals surface area contributed by atoms with Crippen molar-refractivity contribution in [1.82, 2.24) is 10.3 Å². The third-order valence-corrected chi connectivity index (χ3v) is 4.19. The molecule has 0 aliphatic carbocycles. The number of nitrogens with zero attached hydrogens (tertiary/aromatic N) is 1. The van der Waals surface area contributed by atoms with E-state index in [0.29, 0.717) is 5.75 Å². The zero-order valence-electron chi connectivity index (χ0n) is 11.8. The maximum absolute atomic E-state index is 11.9. The van der Waals surface area contributed by atoms with E-state index >= 15 is 0 Å². The number of carbonyl (C=O) groups is 1. The zero-order valence-corrected chi connectivity index (χ0v) is 13.3. The van der Waals surface area contributed by atoms with Gasteiger partial charge in [-0.2, -0.15) is 0 Å². The Hall–Kier alpha value is -1.52. The summed E-state index contributed by atoms with van der Waals surface area (Å²) in [5.41, 5.74) is 2.13. The summed E-state index contributed by atoms with van der Waals surface area (Å²) in [4.78, 5) is 16.0. The molecule has 110 valence electrons. The van der Waals surface area contributed by atoms with Gasteiger partial charge in [-0.15, -0.1) is 11.8 Å². The van der Waals surface area contributed by atoms with Crippen molar-refractivity contribution in [3.63, 3.8) is 0 Å². The number of rotatable bonds is 6. The van der Waals surface area contributed by atoms with Crippen LogP contribution in [0, 0.1) is 0 Å². The second-order valence-electron chi connectivity index (χ2n) is 4.70. The lowest BCUT2D eigenvalue weighted by Crippen LogP contribution is -2.28. The molecular weight excluding hydrogens is 304 g/mol. The quantitative estimate of drug-likeness (QED) is 0.879. The number of aromatic nitrogens is 1. The highest BCUT2D eigenvalue weighted by Gasteiger charge is 2.09. The normalized spacial score (nSPS) is 11.9. The van der Waals surface area contributed by atoms with Gasteiger partial charge in [0, 0.05) is 23.2 Å². The molecule has 1 heterocycles. The number of benzene rings is 1. The number of thioether (sulfide) groups is 1. The average Bonchev–Trinajstić information content (AvgIpc) is 2.48. The molecule has 0 saturated carbocycles. The smallest absolute Gasteiger partial charge is 0.230 e. The number of hydrogen-bond donors (Lipinski definition) is 1. The first-order chi connectivity index (χ1) is 10.1. The molecular formula is C16H17ClN2OS. The van der Waals surface area contributed by atoms with E-state index in [4.69, 9.17) is 11.6 Å². The minimum atomic E-state index is -0.0297. The molecule has 1 N–H and O–H groups in total. The van der Waals surface area contributed by atoms with E-state index in [2.05, 4.69) is 10.3 Å². The van der Waals surface area contributed by atoms with Gasteiger partial charge in [-0.25, -0.2) is 0 Å². The van der Waals surface area contributed by atoms with Crippen molar-refractivity contribution < 1.29 is 4.79 Å². The standard InChI is InChI=1S/C16H17ClN2OS/c1-12(14-5-3-7-18-9-14)19-16(20)11-21-10-13-4-2-6-15(17)8-13/h2-9,12H,10-11H2,1H3,(H,19,20). The Morgan fingerprint density at radius 1 is 1.38 bits per heavy atom. The molecule has 2 rings (SSSR count). The SMILES string of the molecule is CC(NC(=O)CSCc1cccc(Cl)c1)c1cccnc1. The lowest BCUT2D eigenvalue weighted by atomic mass is 10.1. The molecule has 1 aromatic heterocycles. The number of halogens is 1. The number of carbonyl (C=O) groups excluding carboxylic acids is 1. The number of amides is 1. The number of hydrogen-bond acceptors (Lipinski definition) is 3. The van der Waals surface area contributed by atoms with Gasteiger partial charge in [0.15, 0.2) is 0 Å². The summed E-state index contributed by atoms with van der Waals surface area (Å²) in [6, 6.07) is 11.5. The lowest BCUT2D eigenvalue weighted by Gasteiger charge is -2.13. The van der Waals surface area contributed by atoms with Gasteiger partial charge in [-0.05, 0) is 36.2 Å². The van der Waals surface area contributed by atoms with Gasteiger partial charge in [0.1, 0.15) is 0 Å². The summed E-state index contributed by atoms with van der Waals surface area (Å²) in [5.74, 6) is 1.23. The molecule has 1 atom stereocenters. The van der Waals surface area contributed by atoms with Gasteiger partial charge >= 0.3 is 0 Å². The zero-order chi connectivity index (χ0) is 15.1. The van der Waals surface area contributed by atoms with Crippen LogP contribution in [0.5, 0.6) is 0 Å². The highest BCUT2D eigenvalue weighted by Crippen LogP contribution is 2.17. The van der Waals surface area contributed by atoms with Crippen molar-refractivity contribution in [3.05, 3.63) is 64.9 Å². The van der Waals surface area contributed by atoms with Crippen LogP contribution in [0.4, 0.5) is 0 Å². The molecule has 0 aliphatic rings. The van der Waals surface area contributed by atoms with Crippen molar-refractivity contribution in [2.45, 2.75) is 18.7 Å². The average molecular weight is 321 g/mol. The van der Waals surface area contributed by atoms with Crippen LogP contribution in [-0.4, -0.2) is 16.6 Å². The highest BCUT2D eigenvalue weighted by molar-refractivity contribution is 7.99. The third-order valence-electron chi connectivity index (χ3n) is 2.95. The van der Waals surface area contributed by atoms with Crippen molar-refractivity contribution in [2.75, 3.05) is 5.75 Å². The van der Waals surface area contributed by atoms with Gasteiger partial charge < -0.3 is 5.32 Å². The fourth-order valence-electron chi connectivity index (χ4n) is 1.89. The van der Waals surface area contributed by atoms with Gasteiger partial charge in [0.05, 0.1) is 11.8 Å². The first kappa shape index (κ1) is 15.9. The van der Waals surface area contributed by atoms with Crippen molar-refractivity contribution in [2.24, 2.45) is 0 Å². The Morgan fingerprint density at radius 2 is 2.24 bits per heavy atom. The predicted molar refractivity (Wildman–Crippen MR) is 88.4 cm³/mol. The Bertz CT molecular complexity index is 592. The van der Waals surface area contributed by atoms with E-state index in [0.717, 1.165) is 21.9 Å². The molecule has 5 heteroatoms. The van der Waals surface area contributed by atoms with Crippen LogP contribution < -0.4 is 5.32 Å². The minimum Gasteiger partial charge on any atom is -0.349 e. The molecule has 0 aliphatic heterocycles. The Balaban J connectivity index is 1.75. The molecule has 1 aromatic carbocycles. The largest absolute Gasteiger partial charge is 0.349 e. The summed E-state index contributed by atoms with van der Waals surface area (Å²) in [6.07, 6.45) is 3.49. The van der Waals surface area contributed by atoms with Crippen LogP contribution in [0.2, 0.25) is 5.02 Å². The van der Waals surface area contributed by atoms with Crippen LogP contribution >= 0.6 is 23.4 Å².